The van der Waals surface area contributed by atoms with Crippen LogP contribution in [0.2, 0.25) is 0 Å². The molecule has 1 aromatic heterocycles. The molecule has 4 rings (SSSR count). The van der Waals surface area contributed by atoms with Crippen molar-refractivity contribution in [1.29, 1.82) is 0 Å². The van der Waals surface area contributed by atoms with E-state index < -0.39 is 11.5 Å². The van der Waals surface area contributed by atoms with Crippen molar-refractivity contribution in [2.45, 2.75) is 26.6 Å². The summed E-state index contributed by atoms with van der Waals surface area (Å²) in [7, 11) is 1.43. The second-order valence-corrected chi connectivity index (χ2v) is 8.06. The Balaban J connectivity index is 1.45. The van der Waals surface area contributed by atoms with E-state index >= 15 is 0 Å². The fraction of sp³-hybridized carbons (Fsp3) is 0.375. The Kier molecular flexibility index (Phi) is 6.60. The molecule has 1 fully saturated rings. The van der Waals surface area contributed by atoms with Crippen molar-refractivity contribution in [3.8, 4) is 5.75 Å². The zero-order valence-electron chi connectivity index (χ0n) is 18.8. The average molecular weight is 455 g/mol. The first kappa shape index (κ1) is 22.7. The number of methoxy groups -OCH3 is 1. The topological polar surface area (TPSA) is 76.8 Å². The average Bonchev–Trinajstić information content (AvgIpc) is 2.82. The van der Waals surface area contributed by atoms with E-state index in [2.05, 4.69) is 4.90 Å². The molecule has 2 aromatic carbocycles. The van der Waals surface area contributed by atoms with Crippen LogP contribution in [0, 0.1) is 5.82 Å². The van der Waals surface area contributed by atoms with Crippen molar-refractivity contribution in [1.82, 2.24) is 18.9 Å². The monoisotopic (exact) mass is 454 g/mol. The Bertz CT molecular complexity index is 1290. The first-order valence-electron chi connectivity index (χ1n) is 11.0. The summed E-state index contributed by atoms with van der Waals surface area (Å²) >= 11 is 0. The van der Waals surface area contributed by atoms with Gasteiger partial charge in [0, 0.05) is 39.3 Å². The maximum absolute atomic E-state index is 14.0. The minimum atomic E-state index is -0.477. The van der Waals surface area contributed by atoms with Crippen molar-refractivity contribution in [3.05, 3.63) is 74.7 Å². The number of para-hydroxylation sites is 1. The third-order valence-electron chi connectivity index (χ3n) is 6.09. The summed E-state index contributed by atoms with van der Waals surface area (Å²) in [6.45, 7) is 4.74. The molecule has 1 saturated heterocycles. The molecule has 8 nitrogen and oxygen atoms in total. The molecule has 1 amide bonds. The smallest absolute Gasteiger partial charge is 0.331 e. The number of hydrogen-bond acceptors (Lipinski definition) is 5. The highest BCUT2D eigenvalue weighted by atomic mass is 19.1. The van der Waals surface area contributed by atoms with E-state index in [9.17, 15) is 18.8 Å². The van der Waals surface area contributed by atoms with Crippen LogP contribution in [0.25, 0.3) is 10.9 Å². The summed E-state index contributed by atoms with van der Waals surface area (Å²) in [4.78, 5) is 42.4. The Morgan fingerprint density at radius 1 is 1.03 bits per heavy atom. The molecule has 0 unspecified atom stereocenters. The molecule has 0 atom stereocenters. The number of hydrogen-bond donors (Lipinski definition) is 0. The fourth-order valence-corrected chi connectivity index (χ4v) is 4.26. The van der Waals surface area contributed by atoms with Crippen LogP contribution in [0.1, 0.15) is 12.5 Å². The molecule has 33 heavy (non-hydrogen) atoms. The minimum Gasteiger partial charge on any atom is -0.494 e. The van der Waals surface area contributed by atoms with Gasteiger partial charge in [-0.15, -0.1) is 0 Å². The number of aromatic nitrogens is 2. The normalized spacial score (nSPS) is 14.6. The number of halogens is 1. The molecule has 0 aliphatic carbocycles. The van der Waals surface area contributed by atoms with Gasteiger partial charge >= 0.3 is 5.69 Å². The SMILES string of the molecule is CCn1c(=O)c2ccccc2n(CC(=O)N2CCN(Cc3ccc(OC)c(F)c3)CC2)c1=O. The number of carbonyl (C=O) groups is 1. The van der Waals surface area contributed by atoms with Crippen LogP contribution in [-0.4, -0.2) is 58.1 Å². The predicted octanol–water partition coefficient (Wildman–Crippen LogP) is 1.68. The van der Waals surface area contributed by atoms with Gasteiger partial charge in [-0.1, -0.05) is 18.2 Å². The van der Waals surface area contributed by atoms with E-state index in [4.69, 9.17) is 4.74 Å². The molecular weight excluding hydrogens is 427 g/mol. The molecule has 0 saturated carbocycles. The molecule has 0 bridgehead atoms. The standard InChI is InChI=1S/C24H27FN4O4/c1-3-28-23(31)18-6-4-5-7-20(18)29(24(28)32)16-22(30)27-12-10-26(11-13-27)15-17-8-9-21(33-2)19(25)14-17/h4-9,14H,3,10-13,15-16H2,1-2H3. The maximum Gasteiger partial charge on any atom is 0.331 e. The van der Waals surface area contributed by atoms with Gasteiger partial charge in [-0.2, -0.15) is 0 Å². The van der Waals surface area contributed by atoms with Crippen molar-refractivity contribution >= 4 is 16.8 Å². The van der Waals surface area contributed by atoms with E-state index in [0.29, 0.717) is 43.6 Å². The van der Waals surface area contributed by atoms with Crippen molar-refractivity contribution < 1.29 is 13.9 Å². The van der Waals surface area contributed by atoms with Gasteiger partial charge in [0.2, 0.25) is 5.91 Å². The van der Waals surface area contributed by atoms with Gasteiger partial charge in [-0.05, 0) is 36.8 Å². The third kappa shape index (κ3) is 4.54. The van der Waals surface area contributed by atoms with E-state index in [1.54, 1.807) is 42.2 Å². The molecule has 2 heterocycles. The van der Waals surface area contributed by atoms with Crippen LogP contribution in [0.3, 0.4) is 0 Å². The lowest BCUT2D eigenvalue weighted by molar-refractivity contribution is -0.133. The van der Waals surface area contributed by atoms with Crippen molar-refractivity contribution in [2.24, 2.45) is 0 Å². The highest BCUT2D eigenvalue weighted by Gasteiger charge is 2.23. The molecule has 1 aliphatic rings. The number of carbonyl (C=O) groups excluding carboxylic acids is 1. The Labute approximate surface area is 190 Å². The zero-order valence-corrected chi connectivity index (χ0v) is 18.8. The lowest BCUT2D eigenvalue weighted by Gasteiger charge is -2.35. The molecule has 174 valence electrons. The van der Waals surface area contributed by atoms with Crippen LogP contribution < -0.4 is 16.0 Å². The third-order valence-corrected chi connectivity index (χ3v) is 6.09. The molecule has 9 heteroatoms. The van der Waals surface area contributed by atoms with Gasteiger partial charge in [-0.25, -0.2) is 9.18 Å². The van der Waals surface area contributed by atoms with Gasteiger partial charge < -0.3 is 9.64 Å². The summed E-state index contributed by atoms with van der Waals surface area (Å²) in [5.74, 6) is -0.347. The summed E-state index contributed by atoms with van der Waals surface area (Å²) in [5.41, 5.74) is 0.485. The molecule has 1 aliphatic heterocycles. The van der Waals surface area contributed by atoms with Gasteiger partial charge in [0.25, 0.3) is 5.56 Å². The Morgan fingerprint density at radius 3 is 2.42 bits per heavy atom. The zero-order chi connectivity index (χ0) is 23.5. The molecule has 0 radical (unpaired) electrons. The maximum atomic E-state index is 14.0. The number of amides is 1. The summed E-state index contributed by atoms with van der Waals surface area (Å²) in [5, 5.41) is 0.420. The number of benzene rings is 2. The van der Waals surface area contributed by atoms with Gasteiger partial charge in [0.15, 0.2) is 11.6 Å². The van der Waals surface area contributed by atoms with E-state index in [1.807, 2.05) is 6.07 Å². The molecule has 3 aromatic rings. The lowest BCUT2D eigenvalue weighted by Crippen LogP contribution is -2.50. The van der Waals surface area contributed by atoms with E-state index in [1.165, 1.54) is 17.7 Å². The van der Waals surface area contributed by atoms with Gasteiger partial charge in [0.05, 0.1) is 18.0 Å². The van der Waals surface area contributed by atoms with Crippen LogP contribution in [0.5, 0.6) is 5.75 Å². The fourth-order valence-electron chi connectivity index (χ4n) is 4.26. The van der Waals surface area contributed by atoms with Gasteiger partial charge in [0.1, 0.15) is 6.54 Å². The number of piperazine rings is 1. The summed E-state index contributed by atoms with van der Waals surface area (Å²) in [6.07, 6.45) is 0. The molecule has 0 N–H and O–H groups in total. The number of nitrogens with zero attached hydrogens (tertiary/aromatic N) is 4. The van der Waals surface area contributed by atoms with Crippen LogP contribution >= 0.6 is 0 Å². The second-order valence-electron chi connectivity index (χ2n) is 8.06. The first-order chi connectivity index (χ1) is 15.9. The molecular formula is C24H27FN4O4. The van der Waals surface area contributed by atoms with Crippen LogP contribution in [0.4, 0.5) is 4.39 Å². The van der Waals surface area contributed by atoms with Crippen molar-refractivity contribution in [3.63, 3.8) is 0 Å². The highest BCUT2D eigenvalue weighted by molar-refractivity contribution is 5.81. The van der Waals surface area contributed by atoms with Crippen LogP contribution in [0.15, 0.2) is 52.1 Å². The lowest BCUT2D eigenvalue weighted by atomic mass is 10.1. The molecule has 0 spiro atoms. The summed E-state index contributed by atoms with van der Waals surface area (Å²) in [6, 6.07) is 11.8. The number of ether oxygens (including phenoxy) is 1. The van der Waals surface area contributed by atoms with E-state index in [-0.39, 0.29) is 30.3 Å². The highest BCUT2D eigenvalue weighted by Crippen LogP contribution is 2.19. The largest absolute Gasteiger partial charge is 0.494 e. The van der Waals surface area contributed by atoms with Crippen LogP contribution in [-0.2, 0) is 24.4 Å². The number of fused-ring (bicyclic) bond motifs is 1. The Hall–Kier alpha value is -3.46. The quantitative estimate of drug-likeness (QED) is 0.567. The van der Waals surface area contributed by atoms with Crippen molar-refractivity contribution in [2.75, 3.05) is 33.3 Å². The number of rotatable bonds is 6. The van der Waals surface area contributed by atoms with E-state index in [0.717, 1.165) is 10.1 Å². The summed E-state index contributed by atoms with van der Waals surface area (Å²) < 4.78 is 21.5. The predicted molar refractivity (Wildman–Crippen MR) is 123 cm³/mol. The first-order valence-corrected chi connectivity index (χ1v) is 11.0. The Morgan fingerprint density at radius 2 is 1.76 bits per heavy atom. The minimum absolute atomic E-state index is 0.122. The van der Waals surface area contributed by atoms with Gasteiger partial charge in [-0.3, -0.25) is 23.6 Å². The second kappa shape index (κ2) is 9.58.